The fraction of sp³-hybridized carbons (Fsp3) is 0.600. The number of nitrogens with two attached hydrogens (primary N) is 1. The summed E-state index contributed by atoms with van der Waals surface area (Å²) in [5.41, 5.74) is 5.15. The fourth-order valence-electron chi connectivity index (χ4n) is 2.86. The topological polar surface area (TPSA) is 159 Å². The van der Waals surface area contributed by atoms with Crippen molar-refractivity contribution in [2.75, 3.05) is 20.3 Å². The van der Waals surface area contributed by atoms with Gasteiger partial charge in [0.05, 0.1) is 32.5 Å². The van der Waals surface area contributed by atoms with Crippen LogP contribution in [0.1, 0.15) is 53.5 Å². The van der Waals surface area contributed by atoms with E-state index < -0.39 is 42.2 Å². The van der Waals surface area contributed by atoms with Gasteiger partial charge in [-0.25, -0.2) is 14.4 Å². The van der Waals surface area contributed by atoms with E-state index in [0.717, 1.165) is 0 Å². The van der Waals surface area contributed by atoms with Crippen molar-refractivity contribution in [3.63, 3.8) is 0 Å². The molecule has 0 radical (unpaired) electrons. The third-order valence-corrected chi connectivity index (χ3v) is 4.47. The highest BCUT2D eigenvalue weighted by Crippen LogP contribution is 2.31. The van der Waals surface area contributed by atoms with Crippen molar-refractivity contribution >= 4 is 24.4 Å². The van der Waals surface area contributed by atoms with Crippen molar-refractivity contribution in [3.8, 4) is 11.5 Å². The number of hydrogen-bond acceptors (Lipinski definition) is 12. The largest absolute Gasteiger partial charge is 0.514 e. The maximum absolute atomic E-state index is 12.5. The molecule has 0 aliphatic heterocycles. The number of methoxy groups -OCH3 is 1. The molecule has 12 heteroatoms. The molecular weight excluding hydrogens is 490 g/mol. The molecular formula is C25H37NO11. The van der Waals surface area contributed by atoms with Crippen molar-refractivity contribution in [3.05, 3.63) is 23.8 Å². The average molecular weight is 528 g/mol. The van der Waals surface area contributed by atoms with Gasteiger partial charge in [0, 0.05) is 12.8 Å². The first-order valence-corrected chi connectivity index (χ1v) is 11.8. The zero-order valence-electron chi connectivity index (χ0n) is 22.4. The lowest BCUT2D eigenvalue weighted by atomic mass is 9.88. The highest BCUT2D eigenvalue weighted by Gasteiger charge is 2.36. The maximum atomic E-state index is 12.5. The van der Waals surface area contributed by atoms with E-state index in [2.05, 4.69) is 0 Å². The van der Waals surface area contributed by atoms with Crippen LogP contribution in [-0.4, -0.2) is 62.5 Å². The second-order valence-electron chi connectivity index (χ2n) is 9.20. The summed E-state index contributed by atoms with van der Waals surface area (Å²) in [5.74, 6) is -0.907. The Labute approximate surface area is 216 Å². The third-order valence-electron chi connectivity index (χ3n) is 4.47. The second-order valence-corrected chi connectivity index (χ2v) is 9.20. The molecule has 0 spiro atoms. The molecule has 1 rings (SSSR count). The fourth-order valence-corrected chi connectivity index (χ4v) is 2.86. The standard InChI is InChI=1S/C25H37NO11/c1-15(2)14-33-22(28)32-11-10-25(26,21(27)31-7)13-18-8-9-19(36-23(29)34-16(3)4)20(12-18)37-24(30)35-17(5)6/h8-9,12,15-17H,10-11,13-14,26H2,1-7H3/t25-/m1/s1. The van der Waals surface area contributed by atoms with Crippen LogP contribution in [0, 0.1) is 5.92 Å². The molecule has 0 aliphatic rings. The van der Waals surface area contributed by atoms with Crippen LogP contribution in [0.2, 0.25) is 0 Å². The summed E-state index contributed by atoms with van der Waals surface area (Å²) >= 11 is 0. The predicted molar refractivity (Wildman–Crippen MR) is 130 cm³/mol. The Balaban J connectivity index is 3.11. The Morgan fingerprint density at radius 3 is 1.92 bits per heavy atom. The Kier molecular flexibility index (Phi) is 12.7. The SMILES string of the molecule is COC(=O)[C@@](N)(CCOC(=O)OCC(C)C)Cc1ccc(OC(=O)OC(C)C)c(OC(=O)OC(C)C)c1. The van der Waals surface area contributed by atoms with E-state index in [0.29, 0.717) is 5.56 Å². The Hall–Kier alpha value is -3.54. The van der Waals surface area contributed by atoms with Gasteiger partial charge in [0.25, 0.3) is 0 Å². The summed E-state index contributed by atoms with van der Waals surface area (Å²) < 4.78 is 35.2. The van der Waals surface area contributed by atoms with Crippen molar-refractivity contribution in [1.82, 2.24) is 0 Å². The number of esters is 1. The van der Waals surface area contributed by atoms with Crippen molar-refractivity contribution in [2.24, 2.45) is 11.7 Å². The van der Waals surface area contributed by atoms with E-state index in [9.17, 15) is 19.2 Å². The van der Waals surface area contributed by atoms with Crippen molar-refractivity contribution < 1.29 is 52.3 Å². The van der Waals surface area contributed by atoms with Crippen LogP contribution in [0.15, 0.2) is 18.2 Å². The number of carbonyl (C=O) groups is 4. The van der Waals surface area contributed by atoms with Gasteiger partial charge in [-0.2, -0.15) is 0 Å². The molecule has 1 aromatic carbocycles. The van der Waals surface area contributed by atoms with Crippen LogP contribution < -0.4 is 15.2 Å². The number of benzene rings is 1. The summed E-state index contributed by atoms with van der Waals surface area (Å²) in [7, 11) is 1.18. The van der Waals surface area contributed by atoms with E-state index in [-0.39, 0.29) is 43.5 Å². The molecule has 0 amide bonds. The summed E-state index contributed by atoms with van der Waals surface area (Å²) in [4.78, 5) is 48.4. The first-order chi connectivity index (χ1) is 17.2. The zero-order valence-corrected chi connectivity index (χ0v) is 22.4. The lowest BCUT2D eigenvalue weighted by Gasteiger charge is -2.26. The van der Waals surface area contributed by atoms with Gasteiger partial charge in [-0.3, -0.25) is 4.79 Å². The lowest BCUT2D eigenvalue weighted by molar-refractivity contribution is -0.147. The van der Waals surface area contributed by atoms with Gasteiger partial charge in [0.1, 0.15) is 5.54 Å². The highest BCUT2D eigenvalue weighted by atomic mass is 16.8. The lowest BCUT2D eigenvalue weighted by Crippen LogP contribution is -2.51. The molecule has 0 fully saturated rings. The van der Waals surface area contributed by atoms with Crippen molar-refractivity contribution in [1.29, 1.82) is 0 Å². The maximum Gasteiger partial charge on any atom is 0.514 e. The molecule has 0 heterocycles. The van der Waals surface area contributed by atoms with Crippen molar-refractivity contribution in [2.45, 2.75) is 72.1 Å². The van der Waals surface area contributed by atoms with E-state index in [4.69, 9.17) is 38.9 Å². The molecule has 0 aliphatic carbocycles. The Morgan fingerprint density at radius 1 is 0.838 bits per heavy atom. The van der Waals surface area contributed by atoms with Crippen LogP contribution in [0.3, 0.4) is 0 Å². The minimum Gasteiger partial charge on any atom is -0.468 e. The van der Waals surface area contributed by atoms with Crippen LogP contribution in [0.4, 0.5) is 14.4 Å². The summed E-state index contributed by atoms with van der Waals surface area (Å²) in [5, 5.41) is 0. The number of ether oxygens (including phenoxy) is 7. The third kappa shape index (κ3) is 11.8. The van der Waals surface area contributed by atoms with Crippen LogP contribution in [0.25, 0.3) is 0 Å². The van der Waals surface area contributed by atoms with Gasteiger partial charge >= 0.3 is 24.4 Å². The predicted octanol–water partition coefficient (Wildman–Crippen LogP) is 4.15. The smallest absolute Gasteiger partial charge is 0.468 e. The molecule has 37 heavy (non-hydrogen) atoms. The molecule has 0 saturated carbocycles. The van der Waals surface area contributed by atoms with Crippen LogP contribution in [0.5, 0.6) is 11.5 Å². The van der Waals surface area contributed by atoms with Gasteiger partial charge in [0.15, 0.2) is 11.5 Å². The molecule has 0 unspecified atom stereocenters. The quantitative estimate of drug-likeness (QED) is 0.235. The number of rotatable bonds is 12. The molecule has 0 bridgehead atoms. The van der Waals surface area contributed by atoms with Gasteiger partial charge < -0.3 is 38.9 Å². The summed E-state index contributed by atoms with van der Waals surface area (Å²) in [6.07, 6.45) is -4.02. The monoisotopic (exact) mass is 527 g/mol. The van der Waals surface area contributed by atoms with Gasteiger partial charge in [0.2, 0.25) is 0 Å². The molecule has 208 valence electrons. The molecule has 12 nitrogen and oxygen atoms in total. The van der Waals surface area contributed by atoms with Gasteiger partial charge in [-0.1, -0.05) is 19.9 Å². The minimum absolute atomic E-state index is 0.0962. The normalized spacial score (nSPS) is 12.5. The first-order valence-electron chi connectivity index (χ1n) is 11.8. The molecule has 0 saturated heterocycles. The molecule has 1 aromatic rings. The van der Waals surface area contributed by atoms with Crippen LogP contribution in [-0.2, 0) is 34.9 Å². The summed E-state index contributed by atoms with van der Waals surface area (Å²) in [6.45, 7) is 10.3. The highest BCUT2D eigenvalue weighted by molar-refractivity contribution is 5.81. The van der Waals surface area contributed by atoms with E-state index >= 15 is 0 Å². The number of carbonyl (C=O) groups excluding carboxylic acids is 4. The van der Waals surface area contributed by atoms with E-state index in [1.807, 2.05) is 13.8 Å². The van der Waals surface area contributed by atoms with E-state index in [1.165, 1.54) is 25.3 Å². The molecule has 2 N–H and O–H groups in total. The Morgan fingerprint density at radius 2 is 1.41 bits per heavy atom. The van der Waals surface area contributed by atoms with Crippen LogP contribution >= 0.6 is 0 Å². The van der Waals surface area contributed by atoms with E-state index in [1.54, 1.807) is 27.7 Å². The minimum atomic E-state index is -1.61. The molecule has 1 atom stereocenters. The molecule has 0 aromatic heterocycles. The van der Waals surface area contributed by atoms with Gasteiger partial charge in [-0.15, -0.1) is 0 Å². The average Bonchev–Trinajstić information content (AvgIpc) is 2.77. The second kappa shape index (κ2) is 14.9. The first kappa shape index (κ1) is 31.5. The number of hydrogen-bond donors (Lipinski definition) is 1. The van der Waals surface area contributed by atoms with Gasteiger partial charge in [-0.05, 0) is 51.3 Å². The Bertz CT molecular complexity index is 929. The summed E-state index contributed by atoms with van der Waals surface area (Å²) in [6, 6.07) is 4.23. The zero-order chi connectivity index (χ0) is 28.2.